The molecule has 0 atom stereocenters. The molecule has 0 fully saturated rings. The lowest BCUT2D eigenvalue weighted by atomic mass is 10.1. The quantitative estimate of drug-likeness (QED) is 0.325. The highest BCUT2D eigenvalue weighted by molar-refractivity contribution is 9.10. The molecule has 132 valence electrons. The molecule has 0 aromatic heterocycles. The Labute approximate surface area is 158 Å². The van der Waals surface area contributed by atoms with Crippen LogP contribution < -0.4 is 10.2 Å². The number of nitrogens with one attached hydrogen (secondary N) is 1. The smallest absolute Gasteiger partial charge is 0.269 e. The second-order valence-electron chi connectivity index (χ2n) is 5.07. The van der Waals surface area contributed by atoms with Crippen molar-refractivity contribution >= 4 is 33.7 Å². The van der Waals surface area contributed by atoms with E-state index in [1.165, 1.54) is 30.5 Å². The topological polar surface area (TPSA) is 93.8 Å². The van der Waals surface area contributed by atoms with E-state index < -0.39 is 4.92 Å². The van der Waals surface area contributed by atoms with Crippen LogP contribution in [0.3, 0.4) is 0 Å². The number of amides is 1. The number of hydrazone groups is 1. The molecule has 2 aromatic carbocycles. The summed E-state index contributed by atoms with van der Waals surface area (Å²) >= 11 is 3.35. The highest BCUT2D eigenvalue weighted by Crippen LogP contribution is 2.21. The average molecular weight is 416 g/mol. The molecule has 0 bridgehead atoms. The number of non-ortho nitro benzene ring substituents is 1. The van der Waals surface area contributed by atoms with Crippen molar-refractivity contribution in [1.82, 2.24) is 5.43 Å². The van der Waals surface area contributed by atoms with Crippen LogP contribution in [0.2, 0.25) is 0 Å². The molecule has 0 aliphatic rings. The van der Waals surface area contributed by atoms with E-state index >= 15 is 0 Å². The van der Waals surface area contributed by atoms with Crippen LogP contribution >= 0.6 is 15.9 Å². The van der Waals surface area contributed by atoms with Crippen molar-refractivity contribution in [2.75, 3.05) is 6.61 Å². The summed E-state index contributed by atoms with van der Waals surface area (Å²) in [6, 6.07) is 11.1. The van der Waals surface area contributed by atoms with Gasteiger partial charge in [-0.25, -0.2) is 5.43 Å². The Kier molecular flexibility index (Phi) is 6.88. The third kappa shape index (κ3) is 5.72. The molecule has 0 unspecified atom stereocenters. The van der Waals surface area contributed by atoms with Crippen LogP contribution in [0, 0.1) is 22.5 Å². The number of hydrogen-bond donors (Lipinski definition) is 1. The molecule has 1 N–H and O–H groups in total. The van der Waals surface area contributed by atoms with Gasteiger partial charge in [0, 0.05) is 22.2 Å². The SMILES string of the molecule is C#CCOc1ccc(Br)cc1/C=N\NC(=O)Cc1ccc([N+](=O)[O-])cc1. The lowest BCUT2D eigenvalue weighted by molar-refractivity contribution is -0.384. The van der Waals surface area contributed by atoms with Gasteiger partial charge < -0.3 is 4.74 Å². The summed E-state index contributed by atoms with van der Waals surface area (Å²) < 4.78 is 6.23. The van der Waals surface area contributed by atoms with E-state index in [-0.39, 0.29) is 24.6 Å². The fourth-order valence-electron chi connectivity index (χ4n) is 2.01. The monoisotopic (exact) mass is 415 g/mol. The molecule has 7 nitrogen and oxygen atoms in total. The van der Waals surface area contributed by atoms with Crippen molar-refractivity contribution in [3.05, 3.63) is 68.2 Å². The first-order chi connectivity index (χ1) is 12.5. The number of nitro groups is 1. The maximum Gasteiger partial charge on any atom is 0.269 e. The normalized spacial score (nSPS) is 10.3. The maximum atomic E-state index is 11.9. The molecule has 0 saturated carbocycles. The predicted molar refractivity (Wildman–Crippen MR) is 101 cm³/mol. The first-order valence-electron chi connectivity index (χ1n) is 7.40. The van der Waals surface area contributed by atoms with Gasteiger partial charge >= 0.3 is 0 Å². The molecule has 0 aliphatic heterocycles. The Bertz CT molecular complexity index is 873. The Morgan fingerprint density at radius 2 is 2.08 bits per heavy atom. The van der Waals surface area contributed by atoms with Gasteiger partial charge in [0.25, 0.3) is 5.69 Å². The summed E-state index contributed by atoms with van der Waals surface area (Å²) in [4.78, 5) is 22.0. The van der Waals surface area contributed by atoms with Crippen molar-refractivity contribution in [1.29, 1.82) is 0 Å². The lowest BCUT2D eigenvalue weighted by Gasteiger charge is -2.06. The standard InChI is InChI=1S/C18H14BrN3O4/c1-2-9-26-17-8-5-15(19)11-14(17)12-20-21-18(23)10-13-3-6-16(7-4-13)22(24)25/h1,3-8,11-12H,9-10H2,(H,21,23)/b20-12-. The molecule has 0 aliphatic carbocycles. The number of rotatable bonds is 7. The fourth-order valence-corrected chi connectivity index (χ4v) is 2.38. The average Bonchev–Trinajstić information content (AvgIpc) is 2.61. The molecular formula is C18H14BrN3O4. The minimum absolute atomic E-state index is 0.0265. The highest BCUT2D eigenvalue weighted by atomic mass is 79.9. The van der Waals surface area contributed by atoms with Crippen molar-refractivity contribution in [2.45, 2.75) is 6.42 Å². The summed E-state index contributed by atoms with van der Waals surface area (Å²) in [7, 11) is 0. The molecular weight excluding hydrogens is 402 g/mol. The molecule has 26 heavy (non-hydrogen) atoms. The van der Waals surface area contributed by atoms with E-state index in [1.807, 2.05) is 0 Å². The fraction of sp³-hybridized carbons (Fsp3) is 0.111. The molecule has 1 amide bonds. The maximum absolute atomic E-state index is 11.9. The lowest BCUT2D eigenvalue weighted by Crippen LogP contribution is -2.19. The van der Waals surface area contributed by atoms with Gasteiger partial charge in [-0.05, 0) is 23.8 Å². The summed E-state index contributed by atoms with van der Waals surface area (Å²) in [5, 5.41) is 14.5. The van der Waals surface area contributed by atoms with Gasteiger partial charge in [-0.15, -0.1) is 6.42 Å². The van der Waals surface area contributed by atoms with Crippen molar-refractivity contribution in [3.8, 4) is 18.1 Å². The zero-order valence-electron chi connectivity index (χ0n) is 13.5. The van der Waals surface area contributed by atoms with Gasteiger partial charge in [-0.3, -0.25) is 14.9 Å². The Balaban J connectivity index is 1.97. The molecule has 0 spiro atoms. The van der Waals surface area contributed by atoms with Crippen molar-refractivity contribution in [2.24, 2.45) is 5.10 Å². The van der Waals surface area contributed by atoms with Crippen molar-refractivity contribution in [3.63, 3.8) is 0 Å². The first kappa shape index (κ1) is 19.1. The number of carbonyl (C=O) groups excluding carboxylic acids is 1. The third-order valence-electron chi connectivity index (χ3n) is 3.19. The Morgan fingerprint density at radius 1 is 1.35 bits per heavy atom. The molecule has 0 saturated heterocycles. The van der Waals surface area contributed by atoms with E-state index in [2.05, 4.69) is 32.4 Å². The van der Waals surface area contributed by atoms with Gasteiger partial charge in [0.2, 0.25) is 5.91 Å². The summed E-state index contributed by atoms with van der Waals surface area (Å²) in [6.45, 7) is 0.120. The van der Waals surface area contributed by atoms with Gasteiger partial charge in [0.05, 0.1) is 17.6 Å². The molecule has 8 heteroatoms. The zero-order chi connectivity index (χ0) is 18.9. The number of halogens is 1. The van der Waals surface area contributed by atoms with Gasteiger partial charge in [0.1, 0.15) is 12.4 Å². The van der Waals surface area contributed by atoms with Gasteiger partial charge in [-0.1, -0.05) is 34.0 Å². The summed E-state index contributed by atoms with van der Waals surface area (Å²) in [6.07, 6.45) is 6.68. The minimum atomic E-state index is -0.494. The number of nitro benzene ring substituents is 1. The number of carbonyl (C=O) groups is 1. The summed E-state index contributed by atoms with van der Waals surface area (Å²) in [5.41, 5.74) is 3.66. The van der Waals surface area contributed by atoms with E-state index in [4.69, 9.17) is 11.2 Å². The zero-order valence-corrected chi connectivity index (χ0v) is 15.1. The van der Waals surface area contributed by atoms with Crippen LogP contribution in [0.15, 0.2) is 52.0 Å². The first-order valence-corrected chi connectivity index (χ1v) is 8.20. The van der Waals surface area contributed by atoms with Crippen LogP contribution in [0.1, 0.15) is 11.1 Å². The van der Waals surface area contributed by atoms with Gasteiger partial charge in [-0.2, -0.15) is 5.10 Å². The number of terminal acetylenes is 1. The summed E-state index contributed by atoms with van der Waals surface area (Å²) in [5.74, 6) is 2.57. The van der Waals surface area contributed by atoms with E-state index in [0.29, 0.717) is 16.9 Å². The van der Waals surface area contributed by atoms with Crippen LogP contribution in [-0.2, 0) is 11.2 Å². The van der Waals surface area contributed by atoms with E-state index in [9.17, 15) is 14.9 Å². The Morgan fingerprint density at radius 3 is 2.73 bits per heavy atom. The molecule has 2 aromatic rings. The van der Waals surface area contributed by atoms with E-state index in [1.54, 1.807) is 18.2 Å². The third-order valence-corrected chi connectivity index (χ3v) is 3.68. The number of nitrogens with zero attached hydrogens (tertiary/aromatic N) is 2. The second-order valence-corrected chi connectivity index (χ2v) is 5.98. The predicted octanol–water partition coefficient (Wildman–Crippen LogP) is 3.06. The molecule has 0 heterocycles. The van der Waals surface area contributed by atoms with Crippen LogP contribution in [-0.4, -0.2) is 23.7 Å². The highest BCUT2D eigenvalue weighted by Gasteiger charge is 2.07. The minimum Gasteiger partial charge on any atom is -0.480 e. The van der Waals surface area contributed by atoms with E-state index in [0.717, 1.165) is 4.47 Å². The molecule has 2 rings (SSSR count). The largest absolute Gasteiger partial charge is 0.480 e. The number of benzene rings is 2. The van der Waals surface area contributed by atoms with Crippen LogP contribution in [0.5, 0.6) is 5.75 Å². The Hall–Kier alpha value is -3.18. The number of hydrogen-bond acceptors (Lipinski definition) is 5. The molecule has 0 radical (unpaired) electrons. The van der Waals surface area contributed by atoms with Crippen molar-refractivity contribution < 1.29 is 14.5 Å². The van der Waals surface area contributed by atoms with Gasteiger partial charge in [0.15, 0.2) is 0 Å². The second kappa shape index (κ2) is 9.34. The van der Waals surface area contributed by atoms with Crippen LogP contribution in [0.4, 0.5) is 5.69 Å². The number of ether oxygens (including phenoxy) is 1. The van der Waals surface area contributed by atoms with Crippen LogP contribution in [0.25, 0.3) is 0 Å².